The molecule has 2 aliphatic carbocycles. The highest BCUT2D eigenvalue weighted by Crippen LogP contribution is 2.44. The minimum Gasteiger partial charge on any atom is -0.476 e. The molecule has 31 heavy (non-hydrogen) atoms. The normalized spacial score (nSPS) is 15.5. The largest absolute Gasteiger partial charge is 0.476 e. The monoisotopic (exact) mass is 434 g/mol. The number of carbonyl (C=O) groups excluding carboxylic acids is 1. The smallest absolute Gasteiger partial charge is 0.413 e. The predicted octanol–water partition coefficient (Wildman–Crippen LogP) is 5.86. The number of carbonyl (C=O) groups is 2. The van der Waals surface area contributed by atoms with Crippen molar-refractivity contribution in [3.05, 3.63) is 70.2 Å². The Balaban J connectivity index is 1.30. The van der Waals surface area contributed by atoms with Gasteiger partial charge in [0.05, 0.1) is 0 Å². The average Bonchev–Trinajstić information content (AvgIpc) is 3.50. The zero-order valence-electron chi connectivity index (χ0n) is 16.8. The molecular formula is C24H22N2O4S. The van der Waals surface area contributed by atoms with Crippen LogP contribution in [0.2, 0.25) is 0 Å². The van der Waals surface area contributed by atoms with Crippen molar-refractivity contribution in [3.8, 4) is 11.1 Å². The number of hydrogen-bond acceptors (Lipinski definition) is 5. The van der Waals surface area contributed by atoms with Crippen molar-refractivity contribution in [2.75, 3.05) is 11.9 Å². The van der Waals surface area contributed by atoms with Crippen molar-refractivity contribution in [1.82, 2.24) is 4.98 Å². The maximum Gasteiger partial charge on any atom is 0.413 e. The van der Waals surface area contributed by atoms with E-state index in [-0.39, 0.29) is 29.3 Å². The summed E-state index contributed by atoms with van der Waals surface area (Å²) in [6.45, 7) is 0.201. The van der Waals surface area contributed by atoms with E-state index in [1.54, 1.807) is 0 Å². The molecule has 158 valence electrons. The van der Waals surface area contributed by atoms with Crippen molar-refractivity contribution in [2.24, 2.45) is 0 Å². The van der Waals surface area contributed by atoms with Crippen LogP contribution in [0.4, 0.5) is 9.93 Å². The molecule has 1 fully saturated rings. The number of nitrogens with one attached hydrogen (secondary N) is 1. The average molecular weight is 435 g/mol. The number of rotatable bonds is 5. The van der Waals surface area contributed by atoms with Crippen LogP contribution < -0.4 is 5.32 Å². The summed E-state index contributed by atoms with van der Waals surface area (Å²) in [7, 11) is 0. The number of aromatic nitrogens is 1. The standard InChI is InChI=1S/C24H22N2O4S/c27-22(28)20-21(14-7-1-2-8-14)31-23(25-20)26-24(29)30-13-19-17-11-5-3-9-15(17)16-10-4-6-12-18(16)19/h3-6,9-12,14,19H,1-2,7-8,13H2,(H,27,28)(H,25,26,29). The number of carboxylic acids is 1. The summed E-state index contributed by atoms with van der Waals surface area (Å²) >= 11 is 1.24. The molecule has 1 aromatic heterocycles. The lowest BCUT2D eigenvalue weighted by Crippen LogP contribution is -2.18. The number of benzene rings is 2. The van der Waals surface area contributed by atoms with E-state index in [9.17, 15) is 14.7 Å². The third-order valence-corrected chi connectivity index (χ3v) is 7.27. The first kappa shape index (κ1) is 19.8. The van der Waals surface area contributed by atoms with Crippen molar-refractivity contribution in [3.63, 3.8) is 0 Å². The second kappa shape index (κ2) is 8.15. The summed E-state index contributed by atoms with van der Waals surface area (Å²) in [6.07, 6.45) is 3.50. The van der Waals surface area contributed by atoms with E-state index in [4.69, 9.17) is 4.74 Å². The van der Waals surface area contributed by atoms with Gasteiger partial charge in [0.15, 0.2) is 10.8 Å². The molecule has 0 saturated heterocycles. The van der Waals surface area contributed by atoms with Gasteiger partial charge in [-0.15, -0.1) is 11.3 Å². The van der Waals surface area contributed by atoms with Gasteiger partial charge in [-0.05, 0) is 41.0 Å². The Morgan fingerprint density at radius 3 is 2.26 bits per heavy atom. The molecule has 6 nitrogen and oxygen atoms in total. The summed E-state index contributed by atoms with van der Waals surface area (Å²) in [5, 5.41) is 12.4. The number of aromatic carboxylic acids is 1. The fourth-order valence-corrected chi connectivity index (χ4v) is 5.84. The second-order valence-electron chi connectivity index (χ2n) is 7.97. The third-order valence-electron chi connectivity index (χ3n) is 6.13. The number of fused-ring (bicyclic) bond motifs is 3. The van der Waals surface area contributed by atoms with Gasteiger partial charge in [-0.3, -0.25) is 5.32 Å². The fourth-order valence-electron chi connectivity index (χ4n) is 4.73. The van der Waals surface area contributed by atoms with Gasteiger partial charge in [-0.2, -0.15) is 0 Å². The summed E-state index contributed by atoms with van der Waals surface area (Å²) < 4.78 is 5.55. The van der Waals surface area contributed by atoms with Gasteiger partial charge in [0.1, 0.15) is 6.61 Å². The van der Waals surface area contributed by atoms with E-state index in [0.717, 1.165) is 41.7 Å². The van der Waals surface area contributed by atoms with E-state index in [1.807, 2.05) is 24.3 Å². The third kappa shape index (κ3) is 3.70. The zero-order chi connectivity index (χ0) is 21.4. The van der Waals surface area contributed by atoms with E-state index in [1.165, 1.54) is 22.5 Å². The summed E-state index contributed by atoms with van der Waals surface area (Å²) in [4.78, 5) is 29.0. The highest BCUT2D eigenvalue weighted by molar-refractivity contribution is 7.16. The molecule has 0 aliphatic heterocycles. The van der Waals surface area contributed by atoms with Gasteiger partial charge in [0.25, 0.3) is 0 Å². The minimum absolute atomic E-state index is 0.0296. The van der Waals surface area contributed by atoms with Gasteiger partial charge in [0, 0.05) is 10.8 Å². The van der Waals surface area contributed by atoms with Crippen LogP contribution in [-0.4, -0.2) is 28.8 Å². The molecule has 7 heteroatoms. The molecular weight excluding hydrogens is 412 g/mol. The van der Waals surface area contributed by atoms with Crippen molar-refractivity contribution in [2.45, 2.75) is 37.5 Å². The maximum atomic E-state index is 12.5. The molecule has 2 N–H and O–H groups in total. The molecule has 1 amide bonds. The molecule has 0 radical (unpaired) electrons. The SMILES string of the molecule is O=C(Nc1nc(C(=O)O)c(C2CCCC2)s1)OCC1c2ccccc2-c2ccccc21. The van der Waals surface area contributed by atoms with E-state index >= 15 is 0 Å². The molecule has 0 bridgehead atoms. The van der Waals surface area contributed by atoms with Crippen LogP contribution >= 0.6 is 11.3 Å². The zero-order valence-corrected chi connectivity index (χ0v) is 17.7. The number of thiazole rings is 1. The predicted molar refractivity (Wildman–Crippen MR) is 119 cm³/mol. The highest BCUT2D eigenvalue weighted by atomic mass is 32.1. The molecule has 5 rings (SSSR count). The number of ether oxygens (including phenoxy) is 1. The Morgan fingerprint density at radius 2 is 1.65 bits per heavy atom. The first-order valence-electron chi connectivity index (χ1n) is 10.5. The van der Waals surface area contributed by atoms with E-state index in [2.05, 4.69) is 34.6 Å². The summed E-state index contributed by atoms with van der Waals surface area (Å²) in [6, 6.07) is 16.3. The number of amides is 1. The van der Waals surface area contributed by atoms with Gasteiger partial charge < -0.3 is 9.84 Å². The van der Waals surface area contributed by atoms with Crippen LogP contribution in [0, 0.1) is 0 Å². The maximum absolute atomic E-state index is 12.5. The Kier molecular flexibility index (Phi) is 5.19. The second-order valence-corrected chi connectivity index (χ2v) is 9.00. The van der Waals surface area contributed by atoms with Crippen LogP contribution in [0.5, 0.6) is 0 Å². The lowest BCUT2D eigenvalue weighted by Gasteiger charge is -2.14. The van der Waals surface area contributed by atoms with Crippen LogP contribution in [0.15, 0.2) is 48.5 Å². The van der Waals surface area contributed by atoms with Crippen LogP contribution in [-0.2, 0) is 4.74 Å². The fraction of sp³-hybridized carbons (Fsp3) is 0.292. The van der Waals surface area contributed by atoms with Gasteiger partial charge in [-0.1, -0.05) is 61.4 Å². The van der Waals surface area contributed by atoms with Gasteiger partial charge in [-0.25, -0.2) is 14.6 Å². The van der Waals surface area contributed by atoms with E-state index < -0.39 is 12.1 Å². The van der Waals surface area contributed by atoms with Crippen molar-refractivity contribution >= 4 is 28.5 Å². The first-order valence-corrected chi connectivity index (χ1v) is 11.3. The van der Waals surface area contributed by atoms with Crippen molar-refractivity contribution in [1.29, 1.82) is 0 Å². The van der Waals surface area contributed by atoms with Gasteiger partial charge >= 0.3 is 12.1 Å². The lowest BCUT2D eigenvalue weighted by atomic mass is 9.98. The first-order chi connectivity index (χ1) is 15.1. The molecule has 0 spiro atoms. The van der Waals surface area contributed by atoms with E-state index in [0.29, 0.717) is 0 Å². The van der Waals surface area contributed by atoms with Crippen LogP contribution in [0.25, 0.3) is 11.1 Å². The topological polar surface area (TPSA) is 88.5 Å². The number of hydrogen-bond donors (Lipinski definition) is 2. The quantitative estimate of drug-likeness (QED) is 0.525. The molecule has 0 atom stereocenters. The highest BCUT2D eigenvalue weighted by Gasteiger charge is 2.30. The molecule has 0 unspecified atom stereocenters. The van der Waals surface area contributed by atoms with Gasteiger partial charge in [0.2, 0.25) is 0 Å². The van der Waals surface area contributed by atoms with Crippen molar-refractivity contribution < 1.29 is 19.4 Å². The summed E-state index contributed by atoms with van der Waals surface area (Å²) in [5.41, 5.74) is 4.66. The van der Waals surface area contributed by atoms with Crippen LogP contribution in [0.1, 0.15) is 64.0 Å². The molecule has 1 saturated carbocycles. The Hall–Kier alpha value is -3.19. The Morgan fingerprint density at radius 1 is 1.03 bits per heavy atom. The molecule has 2 aliphatic rings. The Labute approximate surface area is 183 Å². The molecule has 2 aromatic carbocycles. The molecule has 1 heterocycles. The summed E-state index contributed by atoms with van der Waals surface area (Å²) in [5.74, 6) is -0.876. The number of anilines is 1. The number of nitrogens with zero attached hydrogens (tertiary/aromatic N) is 1. The minimum atomic E-state index is -1.06. The lowest BCUT2D eigenvalue weighted by molar-refractivity contribution is 0.0689. The Bertz CT molecular complexity index is 1100. The van der Waals surface area contributed by atoms with Crippen LogP contribution in [0.3, 0.4) is 0 Å². The number of carboxylic acid groups (broad SMARTS) is 1. The molecule has 3 aromatic rings.